The summed E-state index contributed by atoms with van der Waals surface area (Å²) in [5.41, 5.74) is 1.36. The van der Waals surface area contributed by atoms with Crippen LogP contribution in [0.25, 0.3) is 0 Å². The fourth-order valence-corrected chi connectivity index (χ4v) is 2.95. The topological polar surface area (TPSA) is 74.2 Å². The van der Waals surface area contributed by atoms with Crippen LogP contribution in [0.2, 0.25) is 20.4 Å². The first-order valence-electron chi connectivity index (χ1n) is 6.39. The molecule has 5 nitrogen and oxygen atoms in total. The van der Waals surface area contributed by atoms with E-state index >= 15 is 0 Å². The number of hydrogen-bond donors (Lipinski definition) is 3. The van der Waals surface area contributed by atoms with Crippen LogP contribution in [0.15, 0.2) is 24.3 Å². The van der Waals surface area contributed by atoms with Gasteiger partial charge in [0.25, 0.3) is 0 Å². The van der Waals surface area contributed by atoms with Gasteiger partial charge in [0.1, 0.15) is 10.3 Å². The average Bonchev–Trinajstić information content (AvgIpc) is 2.41. The van der Waals surface area contributed by atoms with E-state index in [1.54, 1.807) is 12.1 Å². The summed E-state index contributed by atoms with van der Waals surface area (Å²) in [7, 11) is 0. The second-order valence-corrected chi connectivity index (χ2v) is 6.09. The molecule has 1 heterocycles. The zero-order valence-corrected chi connectivity index (χ0v) is 14.6. The van der Waals surface area contributed by atoms with E-state index in [9.17, 15) is 4.79 Å². The van der Waals surface area contributed by atoms with Crippen LogP contribution in [0.3, 0.4) is 0 Å². The van der Waals surface area contributed by atoms with E-state index in [1.807, 2.05) is 0 Å². The summed E-state index contributed by atoms with van der Waals surface area (Å²) in [5, 5.41) is 15.3. The summed E-state index contributed by atoms with van der Waals surface area (Å²) in [6, 6.07) is 5.45. The molecule has 9 heteroatoms. The number of aliphatic hydroxyl groups excluding tert-OH is 1. The summed E-state index contributed by atoms with van der Waals surface area (Å²) < 4.78 is 0. The van der Waals surface area contributed by atoms with E-state index in [2.05, 4.69) is 15.6 Å². The van der Waals surface area contributed by atoms with Crippen molar-refractivity contribution in [2.24, 2.45) is 0 Å². The maximum Gasteiger partial charge on any atom is 0.323 e. The Morgan fingerprint density at radius 3 is 2.30 bits per heavy atom. The fourth-order valence-electron chi connectivity index (χ4n) is 1.90. The lowest BCUT2D eigenvalue weighted by molar-refractivity contribution is 0.262. The van der Waals surface area contributed by atoms with Gasteiger partial charge in [-0.25, -0.2) is 9.78 Å². The zero-order valence-electron chi connectivity index (χ0n) is 11.5. The Hall–Kier alpha value is -1.24. The first kappa shape index (κ1) is 18.1. The Labute approximate surface area is 152 Å². The number of halogens is 4. The van der Waals surface area contributed by atoms with Crippen molar-refractivity contribution in [3.05, 3.63) is 50.2 Å². The van der Waals surface area contributed by atoms with Gasteiger partial charge in [-0.05, 0) is 36.2 Å². The second-order valence-electron chi connectivity index (χ2n) is 4.47. The van der Waals surface area contributed by atoms with Gasteiger partial charge < -0.3 is 15.7 Å². The number of nitrogens with zero attached hydrogens (tertiary/aromatic N) is 1. The number of carbonyl (C=O) groups is 1. The van der Waals surface area contributed by atoms with E-state index in [0.29, 0.717) is 27.0 Å². The maximum absolute atomic E-state index is 12.1. The molecule has 2 amide bonds. The summed E-state index contributed by atoms with van der Waals surface area (Å²) in [6.07, 6.45) is 0.276. The number of urea groups is 1. The van der Waals surface area contributed by atoms with Crippen molar-refractivity contribution in [3.8, 4) is 0 Å². The monoisotopic (exact) mass is 393 g/mol. The molecular weight excluding hydrogens is 384 g/mol. The Bertz CT molecular complexity index is 720. The lowest BCUT2D eigenvalue weighted by Crippen LogP contribution is -2.20. The Morgan fingerprint density at radius 2 is 1.70 bits per heavy atom. The van der Waals surface area contributed by atoms with Gasteiger partial charge in [0, 0.05) is 28.0 Å². The van der Waals surface area contributed by atoms with Gasteiger partial charge in [-0.2, -0.15) is 0 Å². The molecule has 0 radical (unpaired) electrons. The summed E-state index contributed by atoms with van der Waals surface area (Å²) in [5.74, 6) is 0. The Balaban J connectivity index is 2.19. The molecule has 1 aromatic heterocycles. The van der Waals surface area contributed by atoms with Crippen LogP contribution in [-0.2, 0) is 6.42 Å². The normalized spacial score (nSPS) is 10.5. The molecule has 0 bridgehead atoms. The highest BCUT2D eigenvalue weighted by Gasteiger charge is 2.12. The van der Waals surface area contributed by atoms with Crippen LogP contribution in [0.5, 0.6) is 0 Å². The first-order valence-corrected chi connectivity index (χ1v) is 7.90. The summed E-state index contributed by atoms with van der Waals surface area (Å²) >= 11 is 23.6. The largest absolute Gasteiger partial charge is 0.396 e. The predicted octanol–water partition coefficient (Wildman–Crippen LogP) is 4.87. The highest BCUT2D eigenvalue weighted by molar-refractivity contribution is 6.36. The molecule has 0 unspecified atom stereocenters. The minimum Gasteiger partial charge on any atom is -0.396 e. The van der Waals surface area contributed by atoms with Gasteiger partial charge in [-0.3, -0.25) is 0 Å². The number of hydrogen-bond acceptors (Lipinski definition) is 3. The fraction of sp³-hybridized carbons (Fsp3) is 0.143. The molecule has 0 spiro atoms. The van der Waals surface area contributed by atoms with Gasteiger partial charge in [-0.15, -0.1) is 0 Å². The molecule has 0 saturated carbocycles. The smallest absolute Gasteiger partial charge is 0.323 e. The summed E-state index contributed by atoms with van der Waals surface area (Å²) in [6.45, 7) is -0.118. The third kappa shape index (κ3) is 5.12. The van der Waals surface area contributed by atoms with Crippen molar-refractivity contribution >= 4 is 63.8 Å². The lowest BCUT2D eigenvalue weighted by atomic mass is 10.1. The third-order valence-electron chi connectivity index (χ3n) is 2.79. The predicted molar refractivity (Wildman–Crippen MR) is 94.2 cm³/mol. The standard InChI is InChI=1S/C14H11Cl4N3O2/c15-7-3-10(16)9(1-2-22)11(4-7)20-14(23)19-8-5-12(17)21-13(18)6-8/h3-6,22H,1-2H2,(H2,19,20,21,23). The SMILES string of the molecule is O=C(Nc1cc(Cl)nc(Cl)c1)Nc1cc(Cl)cc(Cl)c1CCO. The number of nitrogens with one attached hydrogen (secondary N) is 2. The molecule has 122 valence electrons. The van der Waals surface area contributed by atoms with Gasteiger partial charge in [0.05, 0.1) is 0 Å². The quantitative estimate of drug-likeness (QED) is 0.647. The van der Waals surface area contributed by atoms with Crippen molar-refractivity contribution in [1.29, 1.82) is 0 Å². The molecule has 2 aromatic rings. The van der Waals surface area contributed by atoms with Crippen LogP contribution >= 0.6 is 46.4 Å². The number of benzene rings is 1. The number of aromatic nitrogens is 1. The molecule has 0 fully saturated rings. The van der Waals surface area contributed by atoms with Crippen molar-refractivity contribution in [2.75, 3.05) is 17.2 Å². The number of pyridine rings is 1. The number of aliphatic hydroxyl groups is 1. The summed E-state index contributed by atoms with van der Waals surface area (Å²) in [4.78, 5) is 15.9. The minimum atomic E-state index is -0.541. The van der Waals surface area contributed by atoms with Crippen LogP contribution in [0.1, 0.15) is 5.56 Å². The molecular formula is C14H11Cl4N3O2. The van der Waals surface area contributed by atoms with Crippen molar-refractivity contribution in [3.63, 3.8) is 0 Å². The number of amides is 2. The molecule has 1 aromatic carbocycles. The van der Waals surface area contributed by atoms with E-state index in [0.717, 1.165) is 0 Å². The van der Waals surface area contributed by atoms with Gasteiger partial charge in [0.15, 0.2) is 0 Å². The van der Waals surface area contributed by atoms with Crippen LogP contribution in [0, 0.1) is 0 Å². The van der Waals surface area contributed by atoms with Crippen molar-refractivity contribution < 1.29 is 9.90 Å². The zero-order chi connectivity index (χ0) is 17.0. The Morgan fingerprint density at radius 1 is 1.04 bits per heavy atom. The number of carbonyl (C=O) groups excluding carboxylic acids is 1. The lowest BCUT2D eigenvalue weighted by Gasteiger charge is -2.14. The highest BCUT2D eigenvalue weighted by atomic mass is 35.5. The minimum absolute atomic E-state index is 0.118. The van der Waals surface area contributed by atoms with Gasteiger partial charge in [0.2, 0.25) is 0 Å². The van der Waals surface area contributed by atoms with E-state index < -0.39 is 6.03 Å². The van der Waals surface area contributed by atoms with Gasteiger partial charge in [-0.1, -0.05) is 46.4 Å². The number of anilines is 2. The average molecular weight is 395 g/mol. The van der Waals surface area contributed by atoms with Crippen molar-refractivity contribution in [1.82, 2.24) is 4.98 Å². The van der Waals surface area contributed by atoms with E-state index in [4.69, 9.17) is 51.5 Å². The van der Waals surface area contributed by atoms with E-state index in [-0.39, 0.29) is 23.3 Å². The Kier molecular flexibility index (Phi) is 6.33. The third-order valence-corrected chi connectivity index (χ3v) is 3.73. The molecule has 0 saturated heterocycles. The molecule has 3 N–H and O–H groups in total. The molecule has 0 aliphatic heterocycles. The maximum atomic E-state index is 12.1. The number of rotatable bonds is 4. The van der Waals surface area contributed by atoms with E-state index in [1.165, 1.54) is 12.1 Å². The molecule has 0 atom stereocenters. The van der Waals surface area contributed by atoms with Crippen LogP contribution < -0.4 is 10.6 Å². The second kappa shape index (κ2) is 8.04. The molecule has 2 rings (SSSR count). The van der Waals surface area contributed by atoms with Crippen LogP contribution in [-0.4, -0.2) is 22.7 Å². The van der Waals surface area contributed by atoms with Crippen molar-refractivity contribution in [2.45, 2.75) is 6.42 Å². The molecule has 23 heavy (non-hydrogen) atoms. The molecule has 0 aliphatic rings. The van der Waals surface area contributed by atoms with Crippen LogP contribution in [0.4, 0.5) is 16.2 Å². The molecule has 0 aliphatic carbocycles. The highest BCUT2D eigenvalue weighted by Crippen LogP contribution is 2.30. The first-order chi connectivity index (χ1) is 10.9. The van der Waals surface area contributed by atoms with Gasteiger partial charge >= 0.3 is 6.03 Å².